The van der Waals surface area contributed by atoms with Crippen LogP contribution in [0.15, 0.2) is 24.4 Å². The molecule has 6 heterocycles. The van der Waals surface area contributed by atoms with Crippen molar-refractivity contribution in [2.45, 2.75) is 56.7 Å². The number of piperidine rings is 1. The molecule has 9 heteroatoms. The van der Waals surface area contributed by atoms with E-state index in [4.69, 9.17) is 29.3 Å². The Labute approximate surface area is 211 Å². The van der Waals surface area contributed by atoms with Gasteiger partial charge in [-0.2, -0.15) is 15.1 Å². The summed E-state index contributed by atoms with van der Waals surface area (Å²) in [6.45, 7) is 7.80. The molecule has 2 unspecified atom stereocenters. The third kappa shape index (κ3) is 3.76. The first kappa shape index (κ1) is 22.4. The van der Waals surface area contributed by atoms with Gasteiger partial charge >= 0.3 is 6.01 Å². The molecule has 4 fully saturated rings. The van der Waals surface area contributed by atoms with Crippen LogP contribution in [0.2, 0.25) is 0 Å². The number of anilines is 1. The fourth-order valence-electron chi connectivity index (χ4n) is 6.57. The Morgan fingerprint density at radius 1 is 0.861 bits per heavy atom. The lowest BCUT2D eigenvalue weighted by Crippen LogP contribution is -2.51. The number of morpholine rings is 1. The van der Waals surface area contributed by atoms with Gasteiger partial charge in [-0.3, -0.25) is 4.90 Å². The van der Waals surface area contributed by atoms with Gasteiger partial charge in [0.1, 0.15) is 5.82 Å². The van der Waals surface area contributed by atoms with E-state index in [1.165, 1.54) is 24.0 Å². The minimum Gasteiger partial charge on any atom is -0.467 e. The molecule has 1 aromatic carbocycles. The Bertz CT molecular complexity index is 1250. The van der Waals surface area contributed by atoms with Crippen molar-refractivity contribution in [2.75, 3.05) is 51.5 Å². The average Bonchev–Trinajstić information content (AvgIpc) is 3.39. The van der Waals surface area contributed by atoms with Gasteiger partial charge in [0.15, 0.2) is 5.82 Å². The standard InChI is InChI=1S/C27H34N6O3/c1-17-9-19-12-28-33(24(19)10-23(17)18-5-7-31(8-6-18)22-15-36-16-22)26-11-25(29-27(30-26)34-2)32-20-3-4-21(32)14-35-13-20/h9-12,18,20-22H,3-8,13-16H2,1-2H3. The summed E-state index contributed by atoms with van der Waals surface area (Å²) in [6.07, 6.45) is 6.57. The Hall–Kier alpha value is -2.75. The molecule has 0 N–H and O–H groups in total. The van der Waals surface area contributed by atoms with Crippen molar-refractivity contribution in [2.24, 2.45) is 0 Å². The highest BCUT2D eigenvalue weighted by atomic mass is 16.5. The van der Waals surface area contributed by atoms with Crippen molar-refractivity contribution in [3.8, 4) is 11.8 Å². The molecule has 2 atom stereocenters. The second kappa shape index (κ2) is 8.97. The van der Waals surface area contributed by atoms with Crippen molar-refractivity contribution in [1.29, 1.82) is 0 Å². The number of aromatic nitrogens is 4. The molecule has 0 saturated carbocycles. The van der Waals surface area contributed by atoms with Gasteiger partial charge in [0.2, 0.25) is 0 Å². The summed E-state index contributed by atoms with van der Waals surface area (Å²) in [7, 11) is 1.63. The largest absolute Gasteiger partial charge is 0.467 e. The number of benzene rings is 1. The summed E-state index contributed by atoms with van der Waals surface area (Å²) >= 11 is 0. The molecule has 4 aliphatic rings. The lowest BCUT2D eigenvalue weighted by atomic mass is 9.85. The van der Waals surface area contributed by atoms with E-state index in [9.17, 15) is 0 Å². The van der Waals surface area contributed by atoms with Crippen molar-refractivity contribution in [3.63, 3.8) is 0 Å². The fraction of sp³-hybridized carbons (Fsp3) is 0.593. The second-order valence-corrected chi connectivity index (χ2v) is 10.7. The summed E-state index contributed by atoms with van der Waals surface area (Å²) in [6, 6.07) is 8.40. The van der Waals surface area contributed by atoms with E-state index in [2.05, 4.69) is 34.9 Å². The van der Waals surface area contributed by atoms with E-state index in [0.717, 1.165) is 74.9 Å². The topological polar surface area (TPSA) is 77.8 Å². The first-order valence-corrected chi connectivity index (χ1v) is 13.3. The van der Waals surface area contributed by atoms with Gasteiger partial charge in [0.05, 0.1) is 63.4 Å². The molecule has 2 bridgehead atoms. The van der Waals surface area contributed by atoms with Crippen LogP contribution >= 0.6 is 0 Å². The Kier molecular flexibility index (Phi) is 5.59. The molecule has 36 heavy (non-hydrogen) atoms. The number of nitrogens with zero attached hydrogens (tertiary/aromatic N) is 6. The van der Waals surface area contributed by atoms with E-state index in [-0.39, 0.29) is 0 Å². The number of likely N-dealkylation sites (tertiary alicyclic amines) is 1. The maximum Gasteiger partial charge on any atom is 0.320 e. The molecule has 0 aliphatic carbocycles. The summed E-state index contributed by atoms with van der Waals surface area (Å²) < 4.78 is 18.7. The normalized spacial score (nSPS) is 25.4. The highest BCUT2D eigenvalue weighted by molar-refractivity contribution is 5.82. The maximum atomic E-state index is 5.79. The molecular formula is C27H34N6O3. The lowest BCUT2D eigenvalue weighted by molar-refractivity contribution is -0.0712. The molecule has 9 nitrogen and oxygen atoms in total. The third-order valence-corrected chi connectivity index (χ3v) is 8.65. The predicted octanol–water partition coefficient (Wildman–Crippen LogP) is 3.08. The number of aryl methyl sites for hydroxylation is 1. The molecule has 2 aromatic heterocycles. The number of ether oxygens (including phenoxy) is 3. The fourth-order valence-corrected chi connectivity index (χ4v) is 6.57. The van der Waals surface area contributed by atoms with Crippen molar-refractivity contribution >= 4 is 16.7 Å². The van der Waals surface area contributed by atoms with E-state index >= 15 is 0 Å². The van der Waals surface area contributed by atoms with Crippen molar-refractivity contribution < 1.29 is 14.2 Å². The van der Waals surface area contributed by atoms with Crippen LogP contribution in [-0.2, 0) is 9.47 Å². The number of rotatable bonds is 5. The van der Waals surface area contributed by atoms with Crippen LogP contribution in [-0.4, -0.2) is 89.4 Å². The van der Waals surface area contributed by atoms with Crippen LogP contribution in [0.4, 0.5) is 5.82 Å². The molecule has 4 aliphatic heterocycles. The summed E-state index contributed by atoms with van der Waals surface area (Å²) in [5.74, 6) is 2.21. The minimum absolute atomic E-state index is 0.359. The number of hydrogen-bond acceptors (Lipinski definition) is 8. The van der Waals surface area contributed by atoms with E-state index < -0.39 is 0 Å². The van der Waals surface area contributed by atoms with Crippen molar-refractivity contribution in [1.82, 2.24) is 24.6 Å². The van der Waals surface area contributed by atoms with Gasteiger partial charge in [0, 0.05) is 11.5 Å². The Morgan fingerprint density at radius 3 is 2.25 bits per heavy atom. The van der Waals surface area contributed by atoms with Gasteiger partial charge in [-0.05, 0) is 74.9 Å². The summed E-state index contributed by atoms with van der Waals surface area (Å²) in [4.78, 5) is 14.4. The third-order valence-electron chi connectivity index (χ3n) is 8.65. The van der Waals surface area contributed by atoms with Crippen LogP contribution in [0.5, 0.6) is 6.01 Å². The maximum absolute atomic E-state index is 5.79. The first-order valence-electron chi connectivity index (χ1n) is 13.3. The van der Waals surface area contributed by atoms with Crippen LogP contribution in [0.3, 0.4) is 0 Å². The molecule has 0 spiro atoms. The quantitative estimate of drug-likeness (QED) is 0.540. The van der Waals surface area contributed by atoms with Gasteiger partial charge in [-0.25, -0.2) is 4.68 Å². The van der Waals surface area contributed by atoms with E-state index in [1.807, 2.05) is 10.9 Å². The van der Waals surface area contributed by atoms with Gasteiger partial charge in [-0.1, -0.05) is 0 Å². The SMILES string of the molecule is COc1nc(N2C3CCC2COC3)cc(-n2ncc3cc(C)c(C4CCN(C5COC5)CC4)cc32)n1. The van der Waals surface area contributed by atoms with Crippen LogP contribution in [0.1, 0.15) is 42.7 Å². The van der Waals surface area contributed by atoms with Crippen molar-refractivity contribution in [3.05, 3.63) is 35.5 Å². The highest BCUT2D eigenvalue weighted by Gasteiger charge is 2.38. The smallest absolute Gasteiger partial charge is 0.320 e. The summed E-state index contributed by atoms with van der Waals surface area (Å²) in [5, 5.41) is 5.90. The molecule has 0 radical (unpaired) electrons. The monoisotopic (exact) mass is 490 g/mol. The molecule has 0 amide bonds. The number of methoxy groups -OCH3 is 1. The zero-order valence-corrected chi connectivity index (χ0v) is 21.1. The molecule has 190 valence electrons. The van der Waals surface area contributed by atoms with Crippen LogP contribution in [0, 0.1) is 6.92 Å². The number of hydrogen-bond donors (Lipinski definition) is 0. The first-order chi connectivity index (χ1) is 17.7. The van der Waals surface area contributed by atoms with E-state index in [1.54, 1.807) is 7.11 Å². The van der Waals surface area contributed by atoms with Crippen LogP contribution in [0.25, 0.3) is 16.7 Å². The zero-order valence-electron chi connectivity index (χ0n) is 21.1. The van der Waals surface area contributed by atoms with Crippen LogP contribution < -0.4 is 9.64 Å². The Morgan fingerprint density at radius 2 is 1.56 bits per heavy atom. The summed E-state index contributed by atoms with van der Waals surface area (Å²) in [5.41, 5.74) is 3.86. The molecule has 3 aromatic rings. The zero-order chi connectivity index (χ0) is 24.2. The van der Waals surface area contributed by atoms with E-state index in [0.29, 0.717) is 30.1 Å². The second-order valence-electron chi connectivity index (χ2n) is 10.7. The van der Waals surface area contributed by atoms with Gasteiger partial charge in [-0.15, -0.1) is 0 Å². The molecule has 7 rings (SSSR count). The molecular weight excluding hydrogens is 456 g/mol. The predicted molar refractivity (Wildman–Crippen MR) is 136 cm³/mol. The molecule has 4 saturated heterocycles. The lowest BCUT2D eigenvalue weighted by Gasteiger charge is -2.41. The number of fused-ring (bicyclic) bond motifs is 3. The minimum atomic E-state index is 0.359. The Balaban J connectivity index is 1.23. The average molecular weight is 491 g/mol. The van der Waals surface area contributed by atoms with Gasteiger partial charge in [0.25, 0.3) is 0 Å². The highest BCUT2D eigenvalue weighted by Crippen LogP contribution is 2.36. The van der Waals surface area contributed by atoms with Gasteiger partial charge < -0.3 is 19.1 Å².